The minimum atomic E-state index is -0.632. The zero-order chi connectivity index (χ0) is 16.3. The summed E-state index contributed by atoms with van der Waals surface area (Å²) in [6, 6.07) is 1.90. The molecule has 0 saturated heterocycles. The van der Waals surface area contributed by atoms with Gasteiger partial charge < -0.3 is 15.3 Å². The molecule has 1 atom stereocenters. The van der Waals surface area contributed by atoms with E-state index in [4.69, 9.17) is 0 Å². The molecule has 0 amide bonds. The van der Waals surface area contributed by atoms with Crippen molar-refractivity contribution in [2.24, 2.45) is 5.92 Å². The number of nitro groups is 1. The van der Waals surface area contributed by atoms with E-state index >= 15 is 0 Å². The van der Waals surface area contributed by atoms with E-state index in [0.29, 0.717) is 6.42 Å². The van der Waals surface area contributed by atoms with Gasteiger partial charge >= 0.3 is 0 Å². The Kier molecular flexibility index (Phi) is 4.26. The Morgan fingerprint density at radius 3 is 2.41 bits per heavy atom. The number of ketones is 1. The van der Waals surface area contributed by atoms with E-state index in [1.807, 2.05) is 0 Å². The van der Waals surface area contributed by atoms with Crippen LogP contribution in [0.5, 0.6) is 17.2 Å². The van der Waals surface area contributed by atoms with Crippen LogP contribution in [0.1, 0.15) is 16.8 Å². The molecule has 7 heteroatoms. The second-order valence-corrected chi connectivity index (χ2v) is 4.73. The standard InChI is InChI=1S/C15H13NO6/c17-11-7-13(19)15(14(20)8-11)12(18)6-3-9-1-4-10(5-2-9)16(21)22/h1,3-9,17,19-20H,2H2/b6-3+/t9-/m1/s1. The molecule has 3 N–H and O–H groups in total. The van der Waals surface area contributed by atoms with E-state index < -0.39 is 22.2 Å². The number of phenolic OH excluding ortho intramolecular Hbond substituents is 3. The van der Waals surface area contributed by atoms with Crippen LogP contribution in [0.3, 0.4) is 0 Å². The molecule has 0 aliphatic heterocycles. The van der Waals surface area contributed by atoms with Crippen LogP contribution >= 0.6 is 0 Å². The van der Waals surface area contributed by atoms with E-state index in [9.17, 15) is 30.2 Å². The SMILES string of the molecule is O=C(/C=C/[C@@H]1C=CC([N+](=O)[O-])=CC1)c1c(O)cc(O)cc1O. The van der Waals surface area contributed by atoms with Crippen molar-refractivity contribution in [1.29, 1.82) is 0 Å². The first-order valence-corrected chi connectivity index (χ1v) is 6.38. The maximum absolute atomic E-state index is 12.0. The normalized spacial score (nSPS) is 17.5. The minimum absolute atomic E-state index is 0.00444. The molecule has 0 fully saturated rings. The van der Waals surface area contributed by atoms with Crippen molar-refractivity contribution < 1.29 is 25.0 Å². The van der Waals surface area contributed by atoms with Crippen molar-refractivity contribution in [3.63, 3.8) is 0 Å². The molecule has 22 heavy (non-hydrogen) atoms. The molecular weight excluding hydrogens is 290 g/mol. The van der Waals surface area contributed by atoms with Crippen LogP contribution in [0.15, 0.2) is 48.2 Å². The number of aromatic hydroxyl groups is 3. The van der Waals surface area contributed by atoms with Crippen molar-refractivity contribution >= 4 is 5.78 Å². The Balaban J connectivity index is 2.11. The molecule has 2 rings (SSSR count). The van der Waals surface area contributed by atoms with E-state index in [0.717, 1.165) is 12.1 Å². The Labute approximate surface area is 125 Å². The summed E-state index contributed by atoms with van der Waals surface area (Å²) in [6.45, 7) is 0. The summed E-state index contributed by atoms with van der Waals surface area (Å²) in [6.07, 6.45) is 7.49. The number of nitrogens with zero attached hydrogens (tertiary/aromatic N) is 1. The molecule has 0 aromatic heterocycles. The van der Waals surface area contributed by atoms with Gasteiger partial charge in [-0.05, 0) is 24.5 Å². The molecule has 114 valence electrons. The number of carbonyl (C=O) groups is 1. The van der Waals surface area contributed by atoms with Gasteiger partial charge in [-0.2, -0.15) is 0 Å². The lowest BCUT2D eigenvalue weighted by Crippen LogP contribution is -2.04. The average molecular weight is 303 g/mol. The Morgan fingerprint density at radius 2 is 1.91 bits per heavy atom. The molecule has 0 spiro atoms. The van der Waals surface area contributed by atoms with Gasteiger partial charge in [0, 0.05) is 18.2 Å². The summed E-state index contributed by atoms with van der Waals surface area (Å²) >= 11 is 0. The molecule has 1 aromatic carbocycles. The topological polar surface area (TPSA) is 121 Å². The highest BCUT2D eigenvalue weighted by atomic mass is 16.6. The zero-order valence-corrected chi connectivity index (χ0v) is 11.3. The molecule has 1 aliphatic carbocycles. The third-order valence-corrected chi connectivity index (χ3v) is 3.15. The third kappa shape index (κ3) is 3.32. The van der Waals surface area contributed by atoms with E-state index in [2.05, 4.69) is 0 Å². The summed E-state index contributed by atoms with van der Waals surface area (Å²) in [5, 5.41) is 38.9. The van der Waals surface area contributed by atoms with Gasteiger partial charge in [0.05, 0.1) is 4.92 Å². The molecule has 0 radical (unpaired) electrons. The number of carbonyl (C=O) groups excluding carboxylic acids is 1. The number of rotatable bonds is 4. The van der Waals surface area contributed by atoms with Crippen LogP contribution in [0, 0.1) is 16.0 Å². The van der Waals surface area contributed by atoms with E-state index in [1.54, 1.807) is 6.08 Å². The molecule has 1 aliphatic rings. The average Bonchev–Trinajstić information content (AvgIpc) is 2.44. The number of hydrogen-bond acceptors (Lipinski definition) is 6. The van der Waals surface area contributed by atoms with Gasteiger partial charge in [0.25, 0.3) is 5.70 Å². The van der Waals surface area contributed by atoms with E-state index in [1.165, 1.54) is 24.3 Å². The summed E-state index contributed by atoms with van der Waals surface area (Å²) in [7, 11) is 0. The van der Waals surface area contributed by atoms with Gasteiger partial charge in [0.1, 0.15) is 22.8 Å². The lowest BCUT2D eigenvalue weighted by atomic mass is 9.97. The van der Waals surface area contributed by atoms with Crippen molar-refractivity contribution in [3.05, 3.63) is 63.9 Å². The molecular formula is C15H13NO6. The summed E-state index contributed by atoms with van der Waals surface area (Å²) in [4.78, 5) is 22.0. The second kappa shape index (κ2) is 6.13. The largest absolute Gasteiger partial charge is 0.508 e. The van der Waals surface area contributed by atoms with Crippen LogP contribution in [-0.2, 0) is 0 Å². The third-order valence-electron chi connectivity index (χ3n) is 3.15. The number of hydrogen-bond donors (Lipinski definition) is 3. The monoisotopic (exact) mass is 303 g/mol. The lowest BCUT2D eigenvalue weighted by molar-refractivity contribution is -0.419. The Morgan fingerprint density at radius 1 is 1.27 bits per heavy atom. The fourth-order valence-electron chi connectivity index (χ4n) is 2.05. The second-order valence-electron chi connectivity index (χ2n) is 4.73. The van der Waals surface area contributed by atoms with Crippen LogP contribution in [0.25, 0.3) is 0 Å². The predicted molar refractivity (Wildman–Crippen MR) is 77.2 cm³/mol. The van der Waals surface area contributed by atoms with Crippen molar-refractivity contribution in [2.45, 2.75) is 6.42 Å². The highest BCUT2D eigenvalue weighted by Crippen LogP contribution is 2.32. The van der Waals surface area contributed by atoms with Crippen molar-refractivity contribution in [1.82, 2.24) is 0 Å². The molecule has 1 aromatic rings. The summed E-state index contributed by atoms with van der Waals surface area (Å²) < 4.78 is 0. The zero-order valence-electron chi connectivity index (χ0n) is 11.3. The fraction of sp³-hybridized carbons (Fsp3) is 0.133. The highest BCUT2D eigenvalue weighted by molar-refractivity contribution is 6.08. The highest BCUT2D eigenvalue weighted by Gasteiger charge is 2.17. The number of phenols is 3. The van der Waals surface area contributed by atoms with Gasteiger partial charge in [-0.3, -0.25) is 14.9 Å². The Bertz CT molecular complexity index is 694. The molecule has 0 bridgehead atoms. The number of benzene rings is 1. The first-order valence-electron chi connectivity index (χ1n) is 6.38. The van der Waals surface area contributed by atoms with Gasteiger partial charge in [-0.25, -0.2) is 0 Å². The van der Waals surface area contributed by atoms with Crippen molar-refractivity contribution in [2.75, 3.05) is 0 Å². The Hall–Kier alpha value is -3.09. The van der Waals surface area contributed by atoms with Crippen molar-refractivity contribution in [3.8, 4) is 17.2 Å². The van der Waals surface area contributed by atoms with Gasteiger partial charge in [-0.15, -0.1) is 0 Å². The van der Waals surface area contributed by atoms with Crippen LogP contribution in [0.2, 0.25) is 0 Å². The molecule has 0 heterocycles. The van der Waals surface area contributed by atoms with E-state index in [-0.39, 0.29) is 22.9 Å². The minimum Gasteiger partial charge on any atom is -0.508 e. The lowest BCUT2D eigenvalue weighted by Gasteiger charge is -2.08. The summed E-state index contributed by atoms with van der Waals surface area (Å²) in [5.41, 5.74) is -0.305. The first-order chi connectivity index (χ1) is 10.4. The molecule has 0 unspecified atom stereocenters. The maximum Gasteiger partial charge on any atom is 0.265 e. The predicted octanol–water partition coefficient (Wildman–Crippen LogP) is 2.28. The first kappa shape index (κ1) is 15.3. The maximum atomic E-state index is 12.0. The van der Waals surface area contributed by atoms with Gasteiger partial charge in [0.2, 0.25) is 0 Å². The molecule has 7 nitrogen and oxygen atoms in total. The fourth-order valence-corrected chi connectivity index (χ4v) is 2.05. The smallest absolute Gasteiger partial charge is 0.265 e. The quantitative estimate of drug-likeness (QED) is 0.339. The van der Waals surface area contributed by atoms with Gasteiger partial charge in [0.15, 0.2) is 5.78 Å². The van der Waals surface area contributed by atoms with Gasteiger partial charge in [-0.1, -0.05) is 12.2 Å². The number of allylic oxidation sites excluding steroid dienone is 5. The van der Waals surface area contributed by atoms with Crippen LogP contribution in [0.4, 0.5) is 0 Å². The van der Waals surface area contributed by atoms with Crippen LogP contribution in [-0.4, -0.2) is 26.0 Å². The summed E-state index contributed by atoms with van der Waals surface area (Å²) in [5.74, 6) is -2.23. The molecule has 0 saturated carbocycles. The van der Waals surface area contributed by atoms with Crippen LogP contribution < -0.4 is 0 Å².